The molecule has 154 valence electrons. The molecule has 0 atom stereocenters. The summed E-state index contributed by atoms with van der Waals surface area (Å²) in [4.78, 5) is 40.5. The number of nitrogens with one attached hydrogen (secondary N) is 1. The Kier molecular flexibility index (Phi) is 7.02. The highest BCUT2D eigenvalue weighted by atomic mass is 16.5. The number of rotatable bonds is 7. The molecule has 2 aromatic rings. The number of hydrogen-bond acceptors (Lipinski definition) is 5. The van der Waals surface area contributed by atoms with Crippen molar-refractivity contribution in [1.82, 2.24) is 15.1 Å². The average molecular weight is 399 g/mol. The van der Waals surface area contributed by atoms with Gasteiger partial charge in [0, 0.05) is 57.6 Å². The zero-order valence-corrected chi connectivity index (χ0v) is 16.4. The lowest BCUT2D eigenvalue weighted by molar-refractivity contribution is 0.0518. The fourth-order valence-corrected chi connectivity index (χ4v) is 3.14. The fourth-order valence-electron chi connectivity index (χ4n) is 3.14. The van der Waals surface area contributed by atoms with E-state index in [4.69, 9.17) is 9.15 Å². The zero-order chi connectivity index (χ0) is 20.6. The summed E-state index contributed by atoms with van der Waals surface area (Å²) in [5.41, 5.74) is 1.03. The molecule has 8 heteroatoms. The summed E-state index contributed by atoms with van der Waals surface area (Å²) in [6.07, 6.45) is 2.21. The van der Waals surface area contributed by atoms with Gasteiger partial charge in [0.2, 0.25) is 0 Å². The standard InChI is InChI=1S/C21H25N3O5/c1-28-14-3-9-22-19(25)16-5-7-17(8-6-16)20(26)23-10-12-24(13-11-23)21(27)18-4-2-15-29-18/h2,4-8,15H,3,9-14H2,1H3,(H,22,25). The van der Waals surface area contributed by atoms with Crippen LogP contribution in [0.4, 0.5) is 0 Å². The molecule has 1 aliphatic rings. The normalized spacial score (nSPS) is 14.0. The second-order valence-corrected chi connectivity index (χ2v) is 6.74. The molecule has 0 saturated carbocycles. The molecule has 3 amide bonds. The summed E-state index contributed by atoms with van der Waals surface area (Å²) in [5, 5.41) is 2.81. The van der Waals surface area contributed by atoms with Crippen molar-refractivity contribution in [2.24, 2.45) is 0 Å². The van der Waals surface area contributed by atoms with Gasteiger partial charge in [-0.3, -0.25) is 14.4 Å². The van der Waals surface area contributed by atoms with Crippen LogP contribution in [0.3, 0.4) is 0 Å². The predicted molar refractivity (Wildman–Crippen MR) is 106 cm³/mol. The van der Waals surface area contributed by atoms with Crippen LogP contribution in [0.1, 0.15) is 37.7 Å². The first-order chi connectivity index (χ1) is 14.1. The Morgan fingerprint density at radius 2 is 1.59 bits per heavy atom. The lowest BCUT2D eigenvalue weighted by Gasteiger charge is -2.34. The zero-order valence-electron chi connectivity index (χ0n) is 16.4. The van der Waals surface area contributed by atoms with E-state index in [2.05, 4.69) is 5.32 Å². The Bertz CT molecular complexity index is 825. The van der Waals surface area contributed by atoms with Crippen molar-refractivity contribution >= 4 is 17.7 Å². The topological polar surface area (TPSA) is 92.1 Å². The molecule has 1 fully saturated rings. The van der Waals surface area contributed by atoms with Crippen LogP contribution in [0.5, 0.6) is 0 Å². The first-order valence-corrected chi connectivity index (χ1v) is 9.59. The van der Waals surface area contributed by atoms with Crippen molar-refractivity contribution in [2.45, 2.75) is 6.42 Å². The van der Waals surface area contributed by atoms with Gasteiger partial charge in [0.15, 0.2) is 5.76 Å². The van der Waals surface area contributed by atoms with Crippen molar-refractivity contribution in [3.05, 3.63) is 59.5 Å². The molecule has 0 spiro atoms. The van der Waals surface area contributed by atoms with Gasteiger partial charge in [-0.15, -0.1) is 0 Å². The van der Waals surface area contributed by atoms with E-state index in [9.17, 15) is 14.4 Å². The molecule has 1 aromatic carbocycles. The number of ether oxygens (including phenoxy) is 1. The third-order valence-electron chi connectivity index (χ3n) is 4.79. The van der Waals surface area contributed by atoms with Gasteiger partial charge in [-0.05, 0) is 42.8 Å². The Morgan fingerprint density at radius 3 is 2.17 bits per heavy atom. The largest absolute Gasteiger partial charge is 0.459 e. The number of nitrogens with zero attached hydrogens (tertiary/aromatic N) is 2. The van der Waals surface area contributed by atoms with Gasteiger partial charge in [0.05, 0.1) is 6.26 Å². The lowest BCUT2D eigenvalue weighted by Crippen LogP contribution is -2.50. The fraction of sp³-hybridized carbons (Fsp3) is 0.381. The van der Waals surface area contributed by atoms with Crippen LogP contribution in [0.2, 0.25) is 0 Å². The Morgan fingerprint density at radius 1 is 0.966 bits per heavy atom. The Hall–Kier alpha value is -3.13. The molecule has 0 bridgehead atoms. The maximum atomic E-state index is 12.7. The van der Waals surface area contributed by atoms with E-state index in [-0.39, 0.29) is 17.7 Å². The van der Waals surface area contributed by atoms with Crippen LogP contribution in [-0.4, -0.2) is 74.0 Å². The number of methoxy groups -OCH3 is 1. The lowest BCUT2D eigenvalue weighted by atomic mass is 10.1. The minimum absolute atomic E-state index is 0.109. The summed E-state index contributed by atoms with van der Waals surface area (Å²) in [6.45, 7) is 2.93. The molecule has 2 heterocycles. The Balaban J connectivity index is 1.51. The molecule has 0 unspecified atom stereocenters. The molecule has 1 saturated heterocycles. The smallest absolute Gasteiger partial charge is 0.289 e. The van der Waals surface area contributed by atoms with Crippen molar-refractivity contribution in [2.75, 3.05) is 46.4 Å². The summed E-state index contributed by atoms with van der Waals surface area (Å²) >= 11 is 0. The van der Waals surface area contributed by atoms with Crippen LogP contribution in [0.25, 0.3) is 0 Å². The average Bonchev–Trinajstić information content (AvgIpc) is 3.31. The third kappa shape index (κ3) is 5.23. The number of benzene rings is 1. The highest BCUT2D eigenvalue weighted by Crippen LogP contribution is 2.13. The minimum Gasteiger partial charge on any atom is -0.459 e. The number of hydrogen-bond donors (Lipinski definition) is 1. The minimum atomic E-state index is -0.176. The summed E-state index contributed by atoms with van der Waals surface area (Å²) in [7, 11) is 1.62. The first kappa shape index (κ1) is 20.6. The molecule has 29 heavy (non-hydrogen) atoms. The van der Waals surface area contributed by atoms with Crippen molar-refractivity contribution in [1.29, 1.82) is 0 Å². The van der Waals surface area contributed by atoms with E-state index in [1.165, 1.54) is 6.26 Å². The molecule has 0 aliphatic carbocycles. The molecule has 8 nitrogen and oxygen atoms in total. The van der Waals surface area contributed by atoms with Crippen LogP contribution in [0.15, 0.2) is 47.1 Å². The number of piperazine rings is 1. The van der Waals surface area contributed by atoms with Crippen molar-refractivity contribution < 1.29 is 23.5 Å². The highest BCUT2D eigenvalue weighted by Gasteiger charge is 2.26. The van der Waals surface area contributed by atoms with Gasteiger partial charge in [0.1, 0.15) is 0 Å². The molecule has 1 N–H and O–H groups in total. The van der Waals surface area contributed by atoms with E-state index in [0.717, 1.165) is 6.42 Å². The molecule has 1 aromatic heterocycles. The van der Waals surface area contributed by atoms with Gasteiger partial charge < -0.3 is 24.3 Å². The number of amides is 3. The molecule has 0 radical (unpaired) electrons. The van der Waals surface area contributed by atoms with Gasteiger partial charge in [-0.25, -0.2) is 0 Å². The van der Waals surface area contributed by atoms with E-state index in [1.54, 1.807) is 53.3 Å². The van der Waals surface area contributed by atoms with Crippen LogP contribution in [-0.2, 0) is 4.74 Å². The predicted octanol–water partition coefficient (Wildman–Crippen LogP) is 1.64. The molecule has 1 aliphatic heterocycles. The molecule has 3 rings (SSSR count). The van der Waals surface area contributed by atoms with Gasteiger partial charge in [0.25, 0.3) is 17.7 Å². The summed E-state index contributed by atoms with van der Waals surface area (Å²) in [5.74, 6) is -0.142. The maximum absolute atomic E-state index is 12.7. The first-order valence-electron chi connectivity index (χ1n) is 9.59. The second kappa shape index (κ2) is 9.88. The van der Waals surface area contributed by atoms with Crippen LogP contribution < -0.4 is 5.32 Å². The second-order valence-electron chi connectivity index (χ2n) is 6.74. The van der Waals surface area contributed by atoms with Crippen LogP contribution >= 0.6 is 0 Å². The monoisotopic (exact) mass is 399 g/mol. The van der Waals surface area contributed by atoms with Gasteiger partial charge >= 0.3 is 0 Å². The number of carbonyl (C=O) groups is 3. The SMILES string of the molecule is COCCCNC(=O)c1ccc(C(=O)N2CCN(C(=O)c3ccco3)CC2)cc1. The van der Waals surface area contributed by atoms with E-state index >= 15 is 0 Å². The quantitative estimate of drug-likeness (QED) is 0.715. The summed E-state index contributed by atoms with van der Waals surface area (Å²) in [6, 6.07) is 9.93. The van der Waals surface area contributed by atoms with Crippen LogP contribution in [0, 0.1) is 0 Å². The number of carbonyl (C=O) groups excluding carboxylic acids is 3. The van der Waals surface area contributed by atoms with E-state index in [1.807, 2.05) is 0 Å². The van der Waals surface area contributed by atoms with Gasteiger partial charge in [-0.2, -0.15) is 0 Å². The van der Waals surface area contributed by atoms with E-state index < -0.39 is 0 Å². The maximum Gasteiger partial charge on any atom is 0.289 e. The van der Waals surface area contributed by atoms with Gasteiger partial charge in [-0.1, -0.05) is 0 Å². The summed E-state index contributed by atoms with van der Waals surface area (Å²) < 4.78 is 10.1. The van der Waals surface area contributed by atoms with Crippen molar-refractivity contribution in [3.8, 4) is 0 Å². The third-order valence-corrected chi connectivity index (χ3v) is 4.79. The number of furan rings is 1. The molecular weight excluding hydrogens is 374 g/mol. The highest BCUT2D eigenvalue weighted by molar-refractivity contribution is 5.98. The van der Waals surface area contributed by atoms with E-state index in [0.29, 0.717) is 56.2 Å². The molecular formula is C21H25N3O5. The Labute approximate surface area is 169 Å². The van der Waals surface area contributed by atoms with Crippen molar-refractivity contribution in [3.63, 3.8) is 0 Å².